The zero-order valence-electron chi connectivity index (χ0n) is 12.3. The Morgan fingerprint density at radius 2 is 2.23 bits per heavy atom. The summed E-state index contributed by atoms with van der Waals surface area (Å²) in [6.45, 7) is 6.41. The highest BCUT2D eigenvalue weighted by molar-refractivity contribution is 6.32. The first-order valence-electron chi connectivity index (χ1n) is 6.64. The minimum Gasteiger partial charge on any atom is -0.492 e. The Bertz CT molecular complexity index is 564. The number of morpholine rings is 1. The van der Waals surface area contributed by atoms with E-state index in [2.05, 4.69) is 18.7 Å². The number of rotatable bonds is 4. The van der Waals surface area contributed by atoms with Crippen LogP contribution in [0, 0.1) is 10.1 Å². The lowest BCUT2D eigenvalue weighted by Crippen LogP contribution is -2.39. The number of non-ortho nitro benzene ring substituents is 1. The van der Waals surface area contributed by atoms with Crippen LogP contribution < -0.4 is 4.74 Å². The second-order valence-electron chi connectivity index (χ2n) is 4.99. The molecule has 1 aromatic rings. The molecule has 0 spiro atoms. The maximum atomic E-state index is 10.6. The van der Waals surface area contributed by atoms with Gasteiger partial charge in [0.05, 0.1) is 16.5 Å². The van der Waals surface area contributed by atoms with E-state index in [1.54, 1.807) is 0 Å². The van der Waals surface area contributed by atoms with E-state index in [0.717, 1.165) is 6.54 Å². The minimum atomic E-state index is -0.501. The molecule has 1 heterocycles. The van der Waals surface area contributed by atoms with Gasteiger partial charge in [-0.05, 0) is 19.9 Å². The van der Waals surface area contributed by atoms with Gasteiger partial charge in [-0.3, -0.25) is 15.0 Å². The highest BCUT2D eigenvalue weighted by Gasteiger charge is 2.18. The van der Waals surface area contributed by atoms with Crippen LogP contribution in [0.2, 0.25) is 5.02 Å². The van der Waals surface area contributed by atoms with Gasteiger partial charge >= 0.3 is 0 Å². The highest BCUT2D eigenvalue weighted by Crippen LogP contribution is 2.29. The van der Waals surface area contributed by atoms with Gasteiger partial charge in [0.1, 0.15) is 24.4 Å². The van der Waals surface area contributed by atoms with E-state index in [-0.39, 0.29) is 23.1 Å². The normalized spacial score (nSPS) is 17.0. The van der Waals surface area contributed by atoms with E-state index in [9.17, 15) is 10.1 Å². The predicted molar refractivity (Wildman–Crippen MR) is 86.7 cm³/mol. The molecule has 1 aromatic carbocycles. The van der Waals surface area contributed by atoms with E-state index in [1.807, 2.05) is 0 Å². The third-order valence-corrected chi connectivity index (χ3v) is 3.49. The van der Waals surface area contributed by atoms with Crippen LogP contribution in [0.1, 0.15) is 13.8 Å². The van der Waals surface area contributed by atoms with Crippen LogP contribution in [0.25, 0.3) is 0 Å². The molecule has 6 nitrogen and oxygen atoms in total. The van der Waals surface area contributed by atoms with Gasteiger partial charge in [0, 0.05) is 24.7 Å². The topological polar surface area (TPSA) is 64.8 Å². The Balaban J connectivity index is 0.00000242. The summed E-state index contributed by atoms with van der Waals surface area (Å²) in [6, 6.07) is 4.51. The van der Waals surface area contributed by atoms with Crippen molar-refractivity contribution in [3.63, 3.8) is 0 Å². The zero-order chi connectivity index (χ0) is 15.4. The number of nitro benzene ring substituents is 1. The third kappa shape index (κ3) is 4.76. The van der Waals surface area contributed by atoms with E-state index < -0.39 is 4.92 Å². The SMILES string of the molecule is CC(C)N1CCOC(=COc2ccc([N+](=O)[O-])cc2Cl)C1.Cl. The standard InChI is InChI=1S/C14H17ClN2O4.ClH/c1-10(2)16-5-6-20-12(8-16)9-21-14-4-3-11(17(18)19)7-13(14)15;/h3-4,7,9-10H,5-6,8H2,1-2H3;1H. The Morgan fingerprint density at radius 1 is 1.50 bits per heavy atom. The third-order valence-electron chi connectivity index (χ3n) is 3.20. The summed E-state index contributed by atoms with van der Waals surface area (Å²) in [4.78, 5) is 12.4. The molecule has 2 rings (SSSR count). The van der Waals surface area contributed by atoms with E-state index >= 15 is 0 Å². The van der Waals surface area contributed by atoms with Gasteiger partial charge in [0.2, 0.25) is 0 Å². The average Bonchev–Trinajstić information content (AvgIpc) is 2.46. The van der Waals surface area contributed by atoms with E-state index in [0.29, 0.717) is 30.7 Å². The number of ether oxygens (including phenoxy) is 2. The summed E-state index contributed by atoms with van der Waals surface area (Å²) >= 11 is 5.96. The second-order valence-corrected chi connectivity index (χ2v) is 5.39. The van der Waals surface area contributed by atoms with Gasteiger partial charge < -0.3 is 9.47 Å². The first-order chi connectivity index (χ1) is 9.97. The molecule has 1 saturated heterocycles. The van der Waals surface area contributed by atoms with Crippen LogP contribution in [0.5, 0.6) is 5.75 Å². The Labute approximate surface area is 140 Å². The fourth-order valence-electron chi connectivity index (χ4n) is 1.96. The molecule has 0 N–H and O–H groups in total. The van der Waals surface area contributed by atoms with Crippen molar-refractivity contribution in [1.29, 1.82) is 0 Å². The molecule has 0 saturated carbocycles. The highest BCUT2D eigenvalue weighted by atomic mass is 35.5. The largest absolute Gasteiger partial charge is 0.492 e. The molecule has 0 aliphatic carbocycles. The summed E-state index contributed by atoms with van der Waals surface area (Å²) in [6.07, 6.45) is 1.50. The van der Waals surface area contributed by atoms with Crippen LogP contribution in [0.15, 0.2) is 30.2 Å². The van der Waals surface area contributed by atoms with Crippen molar-refractivity contribution in [2.45, 2.75) is 19.9 Å². The minimum absolute atomic E-state index is 0. The van der Waals surface area contributed by atoms with Crippen LogP contribution in [0.3, 0.4) is 0 Å². The lowest BCUT2D eigenvalue weighted by Gasteiger charge is -2.31. The molecule has 0 bridgehead atoms. The smallest absolute Gasteiger partial charge is 0.271 e. The fraction of sp³-hybridized carbons (Fsp3) is 0.429. The molecule has 22 heavy (non-hydrogen) atoms. The molecule has 0 amide bonds. The van der Waals surface area contributed by atoms with Crippen LogP contribution in [0.4, 0.5) is 5.69 Å². The number of hydrogen-bond acceptors (Lipinski definition) is 5. The van der Waals surface area contributed by atoms with Crippen molar-refractivity contribution in [2.24, 2.45) is 0 Å². The van der Waals surface area contributed by atoms with Gasteiger partial charge in [0.25, 0.3) is 5.69 Å². The Morgan fingerprint density at radius 3 is 2.82 bits per heavy atom. The van der Waals surface area contributed by atoms with Gasteiger partial charge in [0.15, 0.2) is 0 Å². The van der Waals surface area contributed by atoms with Crippen LogP contribution in [-0.4, -0.2) is 35.6 Å². The molecule has 0 atom stereocenters. The summed E-state index contributed by atoms with van der Waals surface area (Å²) in [5, 5.41) is 10.8. The van der Waals surface area contributed by atoms with E-state index in [1.165, 1.54) is 24.5 Å². The van der Waals surface area contributed by atoms with Crippen molar-refractivity contribution >= 4 is 29.7 Å². The first kappa shape index (κ1) is 18.5. The number of halogens is 2. The first-order valence-corrected chi connectivity index (χ1v) is 7.01. The molecule has 0 unspecified atom stereocenters. The molecule has 122 valence electrons. The maximum Gasteiger partial charge on any atom is 0.271 e. The molecule has 0 radical (unpaired) electrons. The second kappa shape index (κ2) is 8.22. The van der Waals surface area contributed by atoms with Crippen LogP contribution in [-0.2, 0) is 4.74 Å². The predicted octanol–water partition coefficient (Wildman–Crippen LogP) is 3.63. The number of hydrogen-bond donors (Lipinski definition) is 0. The summed E-state index contributed by atoms with van der Waals surface area (Å²) in [7, 11) is 0. The van der Waals surface area contributed by atoms with Crippen molar-refractivity contribution < 1.29 is 14.4 Å². The molecule has 0 aromatic heterocycles. The monoisotopic (exact) mass is 348 g/mol. The van der Waals surface area contributed by atoms with Crippen molar-refractivity contribution in [3.05, 3.63) is 45.4 Å². The Hall–Kier alpha value is -1.50. The number of nitro groups is 1. The summed E-state index contributed by atoms with van der Waals surface area (Å²) < 4.78 is 11.0. The molecule has 8 heteroatoms. The number of nitrogens with zero attached hydrogens (tertiary/aromatic N) is 2. The van der Waals surface area contributed by atoms with E-state index in [4.69, 9.17) is 21.1 Å². The molecular formula is C14H18Cl2N2O4. The van der Waals surface area contributed by atoms with Gasteiger partial charge in [-0.2, -0.15) is 0 Å². The van der Waals surface area contributed by atoms with Crippen molar-refractivity contribution in [2.75, 3.05) is 19.7 Å². The maximum absolute atomic E-state index is 10.6. The van der Waals surface area contributed by atoms with Crippen molar-refractivity contribution in [1.82, 2.24) is 4.90 Å². The van der Waals surface area contributed by atoms with Gasteiger partial charge in [-0.25, -0.2) is 0 Å². The molecule has 1 aliphatic heterocycles. The average molecular weight is 349 g/mol. The molecule has 1 aliphatic rings. The van der Waals surface area contributed by atoms with Gasteiger partial charge in [-0.1, -0.05) is 11.6 Å². The zero-order valence-corrected chi connectivity index (χ0v) is 13.9. The lowest BCUT2D eigenvalue weighted by atomic mass is 10.3. The molecular weight excluding hydrogens is 331 g/mol. The quantitative estimate of drug-likeness (QED) is 0.472. The number of benzene rings is 1. The summed E-state index contributed by atoms with van der Waals surface area (Å²) in [5.74, 6) is 1.07. The summed E-state index contributed by atoms with van der Waals surface area (Å²) in [5.41, 5.74) is -0.0695. The fourth-order valence-corrected chi connectivity index (χ4v) is 2.18. The Kier molecular flexibility index (Phi) is 6.93. The van der Waals surface area contributed by atoms with Crippen molar-refractivity contribution in [3.8, 4) is 5.75 Å². The lowest BCUT2D eigenvalue weighted by molar-refractivity contribution is -0.384. The molecule has 1 fully saturated rings. The van der Waals surface area contributed by atoms with Crippen LogP contribution >= 0.6 is 24.0 Å². The van der Waals surface area contributed by atoms with Gasteiger partial charge in [-0.15, -0.1) is 12.4 Å².